The minimum atomic E-state index is -1.64. The van der Waals surface area contributed by atoms with E-state index in [2.05, 4.69) is 4.99 Å². The molecule has 0 N–H and O–H groups in total. The van der Waals surface area contributed by atoms with Crippen LogP contribution in [0.25, 0.3) is 0 Å². The maximum absolute atomic E-state index is 12.4. The molecule has 6 nitrogen and oxygen atoms in total. The van der Waals surface area contributed by atoms with E-state index in [-0.39, 0.29) is 0 Å². The van der Waals surface area contributed by atoms with E-state index in [1.807, 2.05) is 6.92 Å². The Labute approximate surface area is 137 Å². The maximum Gasteiger partial charge on any atom is 0.411 e. The van der Waals surface area contributed by atoms with Crippen LogP contribution in [-0.2, 0) is 0 Å². The highest BCUT2D eigenvalue weighted by molar-refractivity contribution is 7.95. The molecule has 0 bridgehead atoms. The summed E-state index contributed by atoms with van der Waals surface area (Å²) >= 11 is 6.50. The molecule has 22 heavy (non-hydrogen) atoms. The Morgan fingerprint density at radius 1 is 1.27 bits per heavy atom. The van der Waals surface area contributed by atoms with Crippen molar-refractivity contribution >= 4 is 48.0 Å². The fourth-order valence-corrected chi connectivity index (χ4v) is 2.29. The molecule has 0 radical (unpaired) electrons. The second-order valence-corrected chi connectivity index (χ2v) is 6.09. The Kier molecular flexibility index (Phi) is 6.63. The monoisotopic (exact) mass is 346 g/mol. The van der Waals surface area contributed by atoms with Gasteiger partial charge in [0.2, 0.25) is 0 Å². The van der Waals surface area contributed by atoms with Crippen molar-refractivity contribution < 1.29 is 14.0 Å². The Hall–Kier alpha value is -1.80. The van der Waals surface area contributed by atoms with Crippen LogP contribution in [0.5, 0.6) is 0 Å². The van der Waals surface area contributed by atoms with Crippen LogP contribution in [0.3, 0.4) is 0 Å². The highest BCUT2D eigenvalue weighted by Gasteiger charge is 2.18. The first-order chi connectivity index (χ1) is 10.2. The van der Waals surface area contributed by atoms with Gasteiger partial charge in [-0.1, -0.05) is 11.6 Å². The molecule has 120 valence electrons. The minimum absolute atomic E-state index is 0.464. The molecule has 9 heteroatoms. The van der Waals surface area contributed by atoms with Gasteiger partial charge in [0.15, 0.2) is 0 Å². The number of amides is 3. The van der Waals surface area contributed by atoms with E-state index in [0.29, 0.717) is 27.1 Å². The first kappa shape index (κ1) is 18.2. The van der Waals surface area contributed by atoms with Gasteiger partial charge in [0, 0.05) is 26.2 Å². The second kappa shape index (κ2) is 8.00. The molecule has 1 rings (SSSR count). The molecule has 1 aromatic carbocycles. The summed E-state index contributed by atoms with van der Waals surface area (Å²) in [6.07, 6.45) is -0.301. The lowest BCUT2D eigenvalue weighted by atomic mass is 10.2. The number of hydrogen-bond donors (Lipinski definition) is 0. The molecule has 0 atom stereocenters. The minimum Gasteiger partial charge on any atom is -0.287 e. The maximum atomic E-state index is 12.4. The van der Waals surface area contributed by atoms with Crippen molar-refractivity contribution in [3.05, 3.63) is 28.8 Å². The average Bonchev–Trinajstić information content (AvgIpc) is 2.44. The molecule has 0 aliphatic carbocycles. The van der Waals surface area contributed by atoms with Gasteiger partial charge in [-0.05, 0) is 30.7 Å². The van der Waals surface area contributed by atoms with Gasteiger partial charge in [-0.2, -0.15) is 0 Å². The molecule has 0 spiro atoms. The van der Waals surface area contributed by atoms with E-state index in [1.54, 1.807) is 18.2 Å². The van der Waals surface area contributed by atoms with Gasteiger partial charge in [-0.25, -0.2) is 18.9 Å². The summed E-state index contributed by atoms with van der Waals surface area (Å²) < 4.78 is 14.3. The highest BCUT2D eigenvalue weighted by atomic mass is 35.5. The van der Waals surface area contributed by atoms with Crippen LogP contribution in [-0.4, -0.2) is 53.2 Å². The van der Waals surface area contributed by atoms with E-state index in [4.69, 9.17) is 11.6 Å². The van der Waals surface area contributed by atoms with Crippen molar-refractivity contribution in [1.82, 2.24) is 13.5 Å². The summed E-state index contributed by atoms with van der Waals surface area (Å²) in [6, 6.07) is 4.74. The summed E-state index contributed by atoms with van der Waals surface area (Å²) in [7, 11) is 4.15. The number of rotatable bonds is 4. The highest BCUT2D eigenvalue weighted by Crippen LogP contribution is 2.22. The van der Waals surface area contributed by atoms with Crippen molar-refractivity contribution in [2.45, 2.75) is 6.92 Å². The molecule has 0 saturated carbocycles. The van der Waals surface area contributed by atoms with Crippen molar-refractivity contribution in [2.75, 3.05) is 21.1 Å². The zero-order valence-corrected chi connectivity index (χ0v) is 14.2. The van der Waals surface area contributed by atoms with Crippen LogP contribution in [0.15, 0.2) is 23.2 Å². The van der Waals surface area contributed by atoms with Gasteiger partial charge in [0.1, 0.15) is 0 Å². The number of urea groups is 1. The molecule has 0 saturated heterocycles. The quantitative estimate of drug-likeness (QED) is 0.273. The number of benzene rings is 1. The lowest BCUT2D eigenvalue weighted by Crippen LogP contribution is -2.36. The van der Waals surface area contributed by atoms with Crippen LogP contribution < -0.4 is 0 Å². The Morgan fingerprint density at radius 3 is 2.45 bits per heavy atom. The van der Waals surface area contributed by atoms with Gasteiger partial charge in [-0.15, -0.1) is 4.39 Å². The van der Waals surface area contributed by atoms with Crippen LogP contribution in [0.4, 0.5) is 19.7 Å². The first-order valence-corrected chi connectivity index (χ1v) is 7.25. The van der Waals surface area contributed by atoms with Crippen LogP contribution in [0.1, 0.15) is 5.56 Å². The Morgan fingerprint density at radius 2 is 1.91 bits per heavy atom. The normalized spacial score (nSPS) is 10.6. The molecule has 0 aromatic heterocycles. The third-order valence-electron chi connectivity index (χ3n) is 2.59. The zero-order valence-electron chi connectivity index (χ0n) is 12.6. The SMILES string of the molecule is Cc1cc(Cl)ccc1N=CN(C)C(=O)N(C)SN(C)C(=O)F. The molecular formula is C13H16ClFN4O2S. The molecule has 3 amide bonds. The van der Waals surface area contributed by atoms with Crippen LogP contribution in [0, 0.1) is 6.92 Å². The number of nitrogens with zero attached hydrogens (tertiary/aromatic N) is 4. The standard InChI is InChI=1S/C13H16ClFN4O2S/c1-9-7-10(14)5-6-11(9)16-8-17(2)13(21)19(4)22-18(3)12(15)20/h5-8H,1-4H3. The van der Waals surface area contributed by atoms with E-state index in [9.17, 15) is 14.0 Å². The number of aliphatic imine (C=N–C) groups is 1. The van der Waals surface area contributed by atoms with Gasteiger partial charge in [0.25, 0.3) is 0 Å². The van der Waals surface area contributed by atoms with Gasteiger partial charge in [-0.3, -0.25) is 9.21 Å². The van der Waals surface area contributed by atoms with Crippen molar-refractivity contribution in [1.29, 1.82) is 0 Å². The summed E-state index contributed by atoms with van der Waals surface area (Å²) in [4.78, 5) is 27.9. The topological polar surface area (TPSA) is 56.2 Å². The summed E-state index contributed by atoms with van der Waals surface area (Å²) in [5, 5.41) is 0.607. The number of aryl methyl sites for hydroxylation is 1. The molecule has 0 unspecified atom stereocenters. The largest absolute Gasteiger partial charge is 0.411 e. The summed E-state index contributed by atoms with van der Waals surface area (Å²) in [5.74, 6) is 0. The number of carbonyl (C=O) groups is 2. The summed E-state index contributed by atoms with van der Waals surface area (Å²) in [6.45, 7) is 1.85. The number of carbonyl (C=O) groups excluding carboxylic acids is 2. The number of hydrogen-bond acceptors (Lipinski definition) is 4. The predicted molar refractivity (Wildman–Crippen MR) is 87.1 cm³/mol. The molecule has 1 aromatic rings. The molecule has 0 heterocycles. The fraction of sp³-hybridized carbons (Fsp3) is 0.308. The molecule has 0 fully saturated rings. The number of halogens is 2. The van der Waals surface area contributed by atoms with E-state index in [0.717, 1.165) is 9.87 Å². The fourth-order valence-electron chi connectivity index (χ4n) is 1.43. The van der Waals surface area contributed by atoms with Crippen molar-refractivity contribution in [2.24, 2.45) is 4.99 Å². The van der Waals surface area contributed by atoms with Crippen LogP contribution in [0.2, 0.25) is 5.02 Å². The third-order valence-corrected chi connectivity index (χ3v) is 3.62. The third kappa shape index (κ3) is 5.19. The van der Waals surface area contributed by atoms with Crippen LogP contribution >= 0.6 is 23.7 Å². The van der Waals surface area contributed by atoms with Crippen molar-refractivity contribution in [3.8, 4) is 0 Å². The molecule has 0 aliphatic rings. The Bertz CT molecular complexity index is 599. The smallest absolute Gasteiger partial charge is 0.287 e. The summed E-state index contributed by atoms with van der Waals surface area (Å²) in [5.41, 5.74) is 1.55. The zero-order chi connectivity index (χ0) is 16.9. The van der Waals surface area contributed by atoms with E-state index >= 15 is 0 Å². The van der Waals surface area contributed by atoms with Crippen molar-refractivity contribution in [3.63, 3.8) is 0 Å². The van der Waals surface area contributed by atoms with E-state index in [1.165, 1.54) is 32.4 Å². The first-order valence-electron chi connectivity index (χ1n) is 6.14. The lowest BCUT2D eigenvalue weighted by Gasteiger charge is -2.23. The van der Waals surface area contributed by atoms with Gasteiger partial charge < -0.3 is 0 Å². The Balaban J connectivity index is 2.70. The molecular weight excluding hydrogens is 331 g/mol. The van der Waals surface area contributed by atoms with E-state index < -0.39 is 12.2 Å². The average molecular weight is 347 g/mol. The van der Waals surface area contributed by atoms with Gasteiger partial charge >= 0.3 is 12.2 Å². The molecule has 0 aliphatic heterocycles. The van der Waals surface area contributed by atoms with Gasteiger partial charge in [0.05, 0.1) is 24.2 Å². The predicted octanol–water partition coefficient (Wildman–Crippen LogP) is 3.88. The lowest BCUT2D eigenvalue weighted by molar-refractivity contribution is 0.206. The second-order valence-electron chi connectivity index (χ2n) is 4.40.